The summed E-state index contributed by atoms with van der Waals surface area (Å²) in [5.41, 5.74) is 6.61. The zero-order valence-electron chi connectivity index (χ0n) is 15.1. The molecule has 0 radical (unpaired) electrons. The van der Waals surface area contributed by atoms with Gasteiger partial charge in [0, 0.05) is 16.3 Å². The highest BCUT2D eigenvalue weighted by molar-refractivity contribution is 7.85. The van der Waals surface area contributed by atoms with Crippen molar-refractivity contribution in [1.82, 2.24) is 15.7 Å². The average Bonchev–Trinajstić information content (AvgIpc) is 2.66. The van der Waals surface area contributed by atoms with E-state index in [-0.39, 0.29) is 11.1 Å². The summed E-state index contributed by atoms with van der Waals surface area (Å²) in [7, 11) is -3.95. The number of hydroxylamine groups is 1. The van der Waals surface area contributed by atoms with Crippen LogP contribution in [0.2, 0.25) is 0 Å². The molecule has 3 N–H and O–H groups in total. The second kappa shape index (κ2) is 7.84. The minimum Gasteiger partial charge on any atom is -0.368 e. The number of rotatable bonds is 4. The van der Waals surface area contributed by atoms with Crippen molar-refractivity contribution in [3.8, 4) is 11.3 Å². The van der Waals surface area contributed by atoms with E-state index >= 15 is 0 Å². The monoisotopic (exact) mass is 443 g/mol. The minimum atomic E-state index is -4.77. The number of nitrogens with two attached hydrogens (primary N) is 1. The van der Waals surface area contributed by atoms with Crippen LogP contribution in [0.25, 0.3) is 22.0 Å². The van der Waals surface area contributed by atoms with Gasteiger partial charge in [-0.15, -0.1) is 14.5 Å². The molecule has 158 valence electrons. The van der Waals surface area contributed by atoms with Crippen LogP contribution in [0.4, 0.5) is 23.4 Å². The standard InChI is InChI=1S/C17H13F4N5O3S/c1-30(27,28)29-26-16(22)23-15-13-11(3-2-4-12(13)17(19,20)21)14(24-25-15)9-5-7-10(18)8-6-9/h2-8H,1H3,(H3,22,23,25,26). The quantitative estimate of drug-likeness (QED) is 0.275. The first-order chi connectivity index (χ1) is 14.0. The van der Waals surface area contributed by atoms with E-state index < -0.39 is 44.8 Å². The highest BCUT2D eigenvalue weighted by Crippen LogP contribution is 2.40. The van der Waals surface area contributed by atoms with E-state index in [1.807, 2.05) is 0 Å². The lowest BCUT2D eigenvalue weighted by Gasteiger charge is -2.14. The predicted octanol–water partition coefficient (Wildman–Crippen LogP) is 2.88. The van der Waals surface area contributed by atoms with E-state index in [1.54, 1.807) is 5.48 Å². The van der Waals surface area contributed by atoms with Gasteiger partial charge in [-0.3, -0.25) is 0 Å². The summed E-state index contributed by atoms with van der Waals surface area (Å²) >= 11 is 0. The Balaban J connectivity index is 2.23. The molecular weight excluding hydrogens is 430 g/mol. The van der Waals surface area contributed by atoms with Gasteiger partial charge in [-0.1, -0.05) is 12.1 Å². The molecular formula is C17H13F4N5O3S. The smallest absolute Gasteiger partial charge is 0.368 e. The summed E-state index contributed by atoms with van der Waals surface area (Å²) in [4.78, 5) is 3.67. The Morgan fingerprint density at radius 2 is 1.80 bits per heavy atom. The molecule has 0 aliphatic heterocycles. The molecule has 0 amide bonds. The first-order valence-electron chi connectivity index (χ1n) is 8.07. The first-order valence-corrected chi connectivity index (χ1v) is 9.88. The highest BCUT2D eigenvalue weighted by Gasteiger charge is 2.34. The van der Waals surface area contributed by atoms with Crippen molar-refractivity contribution in [1.29, 1.82) is 0 Å². The number of aromatic nitrogens is 2. The Bertz CT molecular complexity index is 1230. The number of alkyl halides is 3. The van der Waals surface area contributed by atoms with Crippen molar-refractivity contribution < 1.29 is 30.3 Å². The SMILES string of the molecule is CS(=O)(=O)ONC(N)=Nc1nnc(-c2ccc(F)cc2)c2cccc(C(F)(F)F)c12. The number of aliphatic imine (C=N–C) groups is 1. The van der Waals surface area contributed by atoms with Gasteiger partial charge in [-0.05, 0) is 30.3 Å². The molecule has 1 aromatic heterocycles. The molecule has 0 saturated carbocycles. The van der Waals surface area contributed by atoms with E-state index in [0.717, 1.165) is 24.5 Å². The number of hydrogen-bond donors (Lipinski definition) is 2. The molecule has 30 heavy (non-hydrogen) atoms. The van der Waals surface area contributed by atoms with Crippen LogP contribution in [0.5, 0.6) is 0 Å². The molecule has 0 atom stereocenters. The molecule has 2 aromatic carbocycles. The molecule has 0 unspecified atom stereocenters. The number of nitrogens with one attached hydrogen (secondary N) is 1. The van der Waals surface area contributed by atoms with Gasteiger partial charge in [0.2, 0.25) is 5.96 Å². The Labute approximate surface area is 167 Å². The molecule has 13 heteroatoms. The fraction of sp³-hybridized carbons (Fsp3) is 0.118. The summed E-state index contributed by atoms with van der Waals surface area (Å²) < 4.78 is 80.4. The fourth-order valence-corrected chi connectivity index (χ4v) is 2.82. The van der Waals surface area contributed by atoms with Crippen LogP contribution in [0.15, 0.2) is 47.5 Å². The number of guanidine groups is 1. The number of hydrogen-bond acceptors (Lipinski definition) is 6. The topological polar surface area (TPSA) is 120 Å². The third kappa shape index (κ3) is 4.80. The van der Waals surface area contributed by atoms with Gasteiger partial charge in [0.25, 0.3) is 10.1 Å². The minimum absolute atomic E-state index is 0.0296. The summed E-state index contributed by atoms with van der Waals surface area (Å²) in [6.07, 6.45) is -4.04. The molecule has 0 spiro atoms. The zero-order valence-corrected chi connectivity index (χ0v) is 15.9. The normalized spacial score (nSPS) is 12.9. The maximum atomic E-state index is 13.6. The molecule has 0 saturated heterocycles. The maximum Gasteiger partial charge on any atom is 0.417 e. The lowest BCUT2D eigenvalue weighted by molar-refractivity contribution is -0.136. The van der Waals surface area contributed by atoms with Crippen molar-refractivity contribution >= 4 is 32.7 Å². The molecule has 8 nitrogen and oxygen atoms in total. The van der Waals surface area contributed by atoms with Gasteiger partial charge in [0.1, 0.15) is 11.5 Å². The van der Waals surface area contributed by atoms with Gasteiger partial charge in [-0.2, -0.15) is 26.6 Å². The van der Waals surface area contributed by atoms with E-state index in [4.69, 9.17) is 5.73 Å². The van der Waals surface area contributed by atoms with Gasteiger partial charge in [-0.25, -0.2) is 9.87 Å². The van der Waals surface area contributed by atoms with E-state index in [1.165, 1.54) is 24.3 Å². The van der Waals surface area contributed by atoms with Crippen molar-refractivity contribution in [2.24, 2.45) is 10.7 Å². The van der Waals surface area contributed by atoms with E-state index in [2.05, 4.69) is 19.5 Å². The lowest BCUT2D eigenvalue weighted by Crippen LogP contribution is -2.33. The Hall–Kier alpha value is -3.32. The summed E-state index contributed by atoms with van der Waals surface area (Å²) in [5.74, 6) is -1.72. The van der Waals surface area contributed by atoms with Gasteiger partial charge in [0.05, 0.1) is 11.8 Å². The summed E-state index contributed by atoms with van der Waals surface area (Å²) in [6.45, 7) is 0. The molecule has 0 bridgehead atoms. The van der Waals surface area contributed by atoms with Gasteiger partial charge >= 0.3 is 6.18 Å². The molecule has 0 aliphatic carbocycles. The van der Waals surface area contributed by atoms with Crippen molar-refractivity contribution in [3.63, 3.8) is 0 Å². The number of fused-ring (bicyclic) bond motifs is 1. The Morgan fingerprint density at radius 1 is 1.13 bits per heavy atom. The second-order valence-corrected chi connectivity index (χ2v) is 7.57. The van der Waals surface area contributed by atoms with Crippen LogP contribution in [0.1, 0.15) is 5.56 Å². The third-order valence-corrected chi connectivity index (χ3v) is 4.12. The number of benzene rings is 2. The molecule has 0 fully saturated rings. The summed E-state index contributed by atoms with van der Waals surface area (Å²) in [5, 5.41) is 7.21. The van der Waals surface area contributed by atoms with E-state index in [0.29, 0.717) is 5.56 Å². The highest BCUT2D eigenvalue weighted by atomic mass is 32.2. The van der Waals surface area contributed by atoms with Crippen molar-refractivity contribution in [2.75, 3.05) is 6.26 Å². The van der Waals surface area contributed by atoms with Crippen LogP contribution in [-0.4, -0.2) is 30.8 Å². The Kier molecular flexibility index (Phi) is 5.59. The Morgan fingerprint density at radius 3 is 2.40 bits per heavy atom. The lowest BCUT2D eigenvalue weighted by atomic mass is 10.0. The molecule has 0 aliphatic rings. The van der Waals surface area contributed by atoms with Crippen LogP contribution >= 0.6 is 0 Å². The molecule has 1 heterocycles. The fourth-order valence-electron chi connectivity index (χ4n) is 2.58. The van der Waals surface area contributed by atoms with Crippen LogP contribution in [-0.2, 0) is 20.6 Å². The average molecular weight is 443 g/mol. The van der Waals surface area contributed by atoms with E-state index in [9.17, 15) is 26.0 Å². The number of nitrogens with zero attached hydrogens (tertiary/aromatic N) is 3. The molecule has 3 aromatic rings. The van der Waals surface area contributed by atoms with Crippen LogP contribution < -0.4 is 11.2 Å². The van der Waals surface area contributed by atoms with Gasteiger partial charge < -0.3 is 5.73 Å². The van der Waals surface area contributed by atoms with Crippen LogP contribution in [0.3, 0.4) is 0 Å². The maximum absolute atomic E-state index is 13.6. The zero-order chi connectivity index (χ0) is 22.1. The van der Waals surface area contributed by atoms with Crippen molar-refractivity contribution in [3.05, 3.63) is 53.8 Å². The third-order valence-electron chi connectivity index (χ3n) is 3.73. The van der Waals surface area contributed by atoms with Gasteiger partial charge in [0.15, 0.2) is 5.82 Å². The predicted molar refractivity (Wildman–Crippen MR) is 100 cm³/mol. The molecule has 3 rings (SSSR count). The van der Waals surface area contributed by atoms with Crippen molar-refractivity contribution in [2.45, 2.75) is 6.18 Å². The summed E-state index contributed by atoms with van der Waals surface area (Å²) in [6, 6.07) is 8.33. The van der Waals surface area contributed by atoms with Crippen LogP contribution in [0, 0.1) is 5.82 Å². The second-order valence-electron chi connectivity index (χ2n) is 5.99. The number of halogens is 4. The largest absolute Gasteiger partial charge is 0.417 e. The first kappa shape index (κ1) is 21.4.